The number of hydrazone groups is 1. The Hall–Kier alpha value is -3.31. The number of fused-ring (bicyclic) bond motifs is 3. The quantitative estimate of drug-likeness (QED) is 0.225. The molecular formula is C30H31N3OS. The van der Waals surface area contributed by atoms with Crippen LogP contribution in [-0.2, 0) is 10.5 Å². The van der Waals surface area contributed by atoms with Crippen molar-refractivity contribution in [2.24, 2.45) is 11.0 Å². The van der Waals surface area contributed by atoms with Crippen molar-refractivity contribution < 1.29 is 4.79 Å². The summed E-state index contributed by atoms with van der Waals surface area (Å²) in [5.41, 5.74) is 9.65. The first-order chi connectivity index (χ1) is 17.1. The van der Waals surface area contributed by atoms with Crippen LogP contribution < -0.4 is 10.7 Å². The highest BCUT2D eigenvalue weighted by Gasteiger charge is 2.37. The van der Waals surface area contributed by atoms with Gasteiger partial charge in [0.25, 0.3) is 5.91 Å². The van der Waals surface area contributed by atoms with Gasteiger partial charge < -0.3 is 5.32 Å². The van der Waals surface area contributed by atoms with Crippen LogP contribution in [0.25, 0.3) is 0 Å². The standard InChI is InChI=1S/C30H31N3OS/c1-20(32-33-30(34)21(2)35-19-22-10-5-3-6-11-22)24-16-17-28-27(18-24)25-14-9-15-26(25)29(31-28)23-12-7-4-8-13-23/h3-14,16-18,21,25-26,29,31H,15,19H2,1-2H3,(H,33,34)/b32-20-/t21-,25+,26-,29-/m0/s1. The Balaban J connectivity index is 1.27. The van der Waals surface area contributed by atoms with Crippen molar-refractivity contribution in [2.75, 3.05) is 5.32 Å². The Morgan fingerprint density at radius 3 is 2.60 bits per heavy atom. The number of carbonyl (C=O) groups excluding carboxylic acids is 1. The van der Waals surface area contributed by atoms with Crippen molar-refractivity contribution >= 4 is 29.1 Å². The second-order valence-electron chi connectivity index (χ2n) is 9.30. The third-order valence-corrected chi connectivity index (χ3v) is 8.20. The van der Waals surface area contributed by atoms with Crippen LogP contribution in [0.4, 0.5) is 5.69 Å². The normalized spacial score (nSPS) is 21.5. The van der Waals surface area contributed by atoms with Gasteiger partial charge in [-0.05, 0) is 60.6 Å². The first-order valence-electron chi connectivity index (χ1n) is 12.2. The third-order valence-electron chi connectivity index (χ3n) is 6.99. The summed E-state index contributed by atoms with van der Waals surface area (Å²) >= 11 is 1.62. The van der Waals surface area contributed by atoms with Crippen LogP contribution in [0.2, 0.25) is 0 Å². The SMILES string of the molecule is C/C(=N/NC(=O)[C@H](C)SCc1ccccc1)c1ccc2c(c1)[C@@H]1C=CC[C@@H]1[C@H](c1ccccc1)N2. The molecule has 35 heavy (non-hydrogen) atoms. The van der Waals surface area contributed by atoms with Crippen LogP contribution in [0.15, 0.2) is 96.1 Å². The number of carbonyl (C=O) groups is 1. The van der Waals surface area contributed by atoms with Gasteiger partial charge in [-0.2, -0.15) is 5.10 Å². The van der Waals surface area contributed by atoms with Crippen LogP contribution in [0.3, 0.4) is 0 Å². The van der Waals surface area contributed by atoms with E-state index in [0.717, 1.165) is 23.4 Å². The first-order valence-corrected chi connectivity index (χ1v) is 13.3. The molecule has 0 bridgehead atoms. The summed E-state index contributed by atoms with van der Waals surface area (Å²) in [7, 11) is 0. The second-order valence-corrected chi connectivity index (χ2v) is 10.6. The number of benzene rings is 3. The van der Waals surface area contributed by atoms with Gasteiger partial charge in [0.15, 0.2) is 0 Å². The zero-order valence-electron chi connectivity index (χ0n) is 20.1. The fraction of sp³-hybridized carbons (Fsp3) is 0.267. The maximum atomic E-state index is 12.6. The van der Waals surface area contributed by atoms with E-state index in [1.54, 1.807) is 11.8 Å². The van der Waals surface area contributed by atoms with Crippen LogP contribution in [0.1, 0.15) is 54.5 Å². The van der Waals surface area contributed by atoms with Gasteiger partial charge >= 0.3 is 0 Å². The van der Waals surface area contributed by atoms with Gasteiger partial charge in [-0.25, -0.2) is 5.43 Å². The minimum absolute atomic E-state index is 0.0746. The Kier molecular flexibility index (Phi) is 7.05. The third kappa shape index (κ3) is 5.20. The van der Waals surface area contributed by atoms with Crippen LogP contribution in [0.5, 0.6) is 0 Å². The van der Waals surface area contributed by atoms with Crippen LogP contribution in [0, 0.1) is 5.92 Å². The van der Waals surface area contributed by atoms with Crippen molar-refractivity contribution in [3.63, 3.8) is 0 Å². The highest BCUT2D eigenvalue weighted by molar-refractivity contribution is 7.99. The van der Waals surface area contributed by atoms with Gasteiger partial charge in [0.1, 0.15) is 0 Å². The number of thioether (sulfide) groups is 1. The van der Waals surface area contributed by atoms with Crippen molar-refractivity contribution in [1.29, 1.82) is 0 Å². The zero-order valence-corrected chi connectivity index (χ0v) is 21.0. The number of nitrogens with one attached hydrogen (secondary N) is 2. The molecule has 3 aromatic carbocycles. The van der Waals surface area contributed by atoms with E-state index in [4.69, 9.17) is 0 Å². The van der Waals surface area contributed by atoms with Gasteiger partial charge in [0, 0.05) is 17.4 Å². The molecule has 0 spiro atoms. The molecule has 0 saturated heterocycles. The Labute approximate surface area is 211 Å². The maximum absolute atomic E-state index is 12.6. The number of anilines is 1. The van der Waals surface area contributed by atoms with E-state index >= 15 is 0 Å². The lowest BCUT2D eigenvalue weighted by molar-refractivity contribution is -0.120. The number of hydrogen-bond donors (Lipinski definition) is 2. The molecule has 0 radical (unpaired) electrons. The molecule has 1 heterocycles. The van der Waals surface area contributed by atoms with Crippen molar-refractivity contribution in [1.82, 2.24) is 5.43 Å². The number of amides is 1. The lowest BCUT2D eigenvalue weighted by atomic mass is 9.76. The van der Waals surface area contributed by atoms with Crippen molar-refractivity contribution in [3.05, 3.63) is 113 Å². The topological polar surface area (TPSA) is 53.5 Å². The largest absolute Gasteiger partial charge is 0.378 e. The average Bonchev–Trinajstić information content (AvgIpc) is 3.41. The molecular weight excluding hydrogens is 450 g/mol. The number of nitrogens with zero attached hydrogens (tertiary/aromatic N) is 1. The summed E-state index contributed by atoms with van der Waals surface area (Å²) in [6.45, 7) is 3.88. The van der Waals surface area contributed by atoms with E-state index in [1.165, 1.54) is 22.4 Å². The van der Waals surface area contributed by atoms with Gasteiger partial charge in [0.2, 0.25) is 0 Å². The molecule has 5 rings (SSSR count). The average molecular weight is 482 g/mol. The molecule has 1 aliphatic carbocycles. The second kappa shape index (κ2) is 10.5. The summed E-state index contributed by atoms with van der Waals surface area (Å²) in [6.07, 6.45) is 5.73. The highest BCUT2D eigenvalue weighted by atomic mass is 32.2. The van der Waals surface area contributed by atoms with E-state index < -0.39 is 0 Å². The predicted octanol–water partition coefficient (Wildman–Crippen LogP) is 6.68. The Morgan fingerprint density at radius 2 is 1.83 bits per heavy atom. The molecule has 0 saturated carbocycles. The minimum Gasteiger partial charge on any atom is -0.378 e. The van der Waals surface area contributed by atoms with Gasteiger partial charge in [0.05, 0.1) is 17.0 Å². The molecule has 0 unspecified atom stereocenters. The Morgan fingerprint density at radius 1 is 1.09 bits per heavy atom. The minimum atomic E-state index is -0.182. The van der Waals surface area contributed by atoms with E-state index in [2.05, 4.69) is 88.7 Å². The predicted molar refractivity (Wildman–Crippen MR) is 147 cm³/mol. The molecule has 3 aromatic rings. The van der Waals surface area contributed by atoms with Crippen LogP contribution in [-0.4, -0.2) is 16.9 Å². The summed E-state index contributed by atoms with van der Waals surface area (Å²) in [6, 6.07) is 27.7. The maximum Gasteiger partial charge on any atom is 0.252 e. The van der Waals surface area contributed by atoms with Gasteiger partial charge in [-0.15, -0.1) is 11.8 Å². The monoisotopic (exact) mass is 481 g/mol. The molecule has 1 amide bonds. The summed E-state index contributed by atoms with van der Waals surface area (Å²) in [5, 5.41) is 8.04. The lowest BCUT2D eigenvalue weighted by Gasteiger charge is -2.37. The number of rotatable bonds is 7. The van der Waals surface area contributed by atoms with E-state index in [9.17, 15) is 4.79 Å². The number of allylic oxidation sites excluding steroid dienone is 2. The molecule has 4 nitrogen and oxygen atoms in total. The molecule has 178 valence electrons. The fourth-order valence-corrected chi connectivity index (χ4v) is 5.81. The Bertz CT molecular complexity index is 1240. The lowest BCUT2D eigenvalue weighted by Crippen LogP contribution is -2.29. The van der Waals surface area contributed by atoms with Gasteiger partial charge in [-0.3, -0.25) is 4.79 Å². The fourth-order valence-electron chi connectivity index (χ4n) is 4.98. The van der Waals surface area contributed by atoms with E-state index in [1.807, 2.05) is 32.0 Å². The highest BCUT2D eigenvalue weighted by Crippen LogP contribution is 2.49. The van der Waals surface area contributed by atoms with Crippen molar-refractivity contribution in [3.8, 4) is 0 Å². The summed E-state index contributed by atoms with van der Waals surface area (Å²) in [5.74, 6) is 1.61. The smallest absolute Gasteiger partial charge is 0.252 e. The summed E-state index contributed by atoms with van der Waals surface area (Å²) < 4.78 is 0. The van der Waals surface area contributed by atoms with E-state index in [0.29, 0.717) is 17.9 Å². The molecule has 4 atom stereocenters. The number of hydrogen-bond acceptors (Lipinski definition) is 4. The first kappa shape index (κ1) is 23.4. The van der Waals surface area contributed by atoms with Gasteiger partial charge in [-0.1, -0.05) is 78.9 Å². The molecule has 2 aliphatic rings. The molecule has 1 aliphatic heterocycles. The molecule has 2 N–H and O–H groups in total. The summed E-state index contributed by atoms with van der Waals surface area (Å²) in [4.78, 5) is 12.6. The molecule has 0 aromatic heterocycles. The van der Waals surface area contributed by atoms with Crippen LogP contribution >= 0.6 is 11.8 Å². The molecule has 0 fully saturated rings. The zero-order chi connectivity index (χ0) is 24.2. The van der Waals surface area contributed by atoms with E-state index in [-0.39, 0.29) is 11.2 Å². The molecule has 5 heteroatoms. The van der Waals surface area contributed by atoms with Crippen molar-refractivity contribution in [2.45, 2.75) is 43.2 Å².